The van der Waals surface area contributed by atoms with Gasteiger partial charge in [-0.1, -0.05) is 6.07 Å². The molecule has 0 unspecified atom stereocenters. The molecule has 392 valence electrons. The van der Waals surface area contributed by atoms with Gasteiger partial charge >= 0.3 is 6.18 Å². The van der Waals surface area contributed by atoms with Crippen LogP contribution in [0.3, 0.4) is 0 Å². The van der Waals surface area contributed by atoms with Crippen molar-refractivity contribution in [3.8, 4) is 0 Å². The van der Waals surface area contributed by atoms with Crippen molar-refractivity contribution in [2.24, 2.45) is 11.8 Å². The number of aromatic nitrogens is 3. The van der Waals surface area contributed by atoms with Gasteiger partial charge in [-0.3, -0.25) is 33.8 Å². The number of alkyl halides is 3. The maximum atomic E-state index is 14.0. The van der Waals surface area contributed by atoms with Gasteiger partial charge in [0.15, 0.2) is 0 Å². The molecule has 4 fully saturated rings. The molecule has 2 aliphatic heterocycles. The van der Waals surface area contributed by atoms with Crippen molar-refractivity contribution in [2.75, 3.05) is 65.5 Å². The molecule has 7 rings (SSSR count). The molecule has 2 saturated carbocycles. The minimum Gasteiger partial charge on any atom is -0.379 e. The van der Waals surface area contributed by atoms with E-state index in [1.807, 2.05) is 13.1 Å². The Kier molecular flexibility index (Phi) is 18.4. The van der Waals surface area contributed by atoms with Crippen LogP contribution >= 0.6 is 0 Å². The van der Waals surface area contributed by atoms with Crippen molar-refractivity contribution in [1.29, 1.82) is 0 Å². The lowest BCUT2D eigenvalue weighted by Gasteiger charge is -2.44. The van der Waals surface area contributed by atoms with E-state index >= 15 is 0 Å². The number of hydrogen-bond acceptors (Lipinski definition) is 13. The molecule has 6 amide bonds. The summed E-state index contributed by atoms with van der Waals surface area (Å²) in [4.78, 5) is 96.8. The Hall–Kier alpha value is -6.00. The Bertz CT molecular complexity index is 2370. The van der Waals surface area contributed by atoms with Crippen molar-refractivity contribution < 1.29 is 51.4 Å². The van der Waals surface area contributed by atoms with E-state index in [4.69, 9.17) is 9.47 Å². The number of halogens is 3. The summed E-state index contributed by atoms with van der Waals surface area (Å²) in [7, 11) is 3.73. The van der Waals surface area contributed by atoms with Crippen molar-refractivity contribution >= 4 is 52.2 Å². The molecule has 1 aromatic carbocycles. The highest BCUT2D eigenvalue weighted by atomic mass is 19.4. The summed E-state index contributed by atoms with van der Waals surface area (Å²) in [6, 6.07) is 5.28. The topological polar surface area (TPSA) is 229 Å². The van der Waals surface area contributed by atoms with Crippen LogP contribution in [-0.2, 0) is 44.4 Å². The Labute approximate surface area is 417 Å². The van der Waals surface area contributed by atoms with Crippen molar-refractivity contribution in [3.63, 3.8) is 0 Å². The highest BCUT2D eigenvalue weighted by Crippen LogP contribution is 2.37. The number of hydrogen-bond donors (Lipinski definition) is 5. The van der Waals surface area contributed by atoms with Crippen LogP contribution in [0.25, 0.3) is 10.9 Å². The molecule has 4 aliphatic rings. The first-order valence-corrected chi connectivity index (χ1v) is 25.0. The number of likely N-dealkylation sites (tertiary alicyclic amines) is 2. The zero-order valence-corrected chi connectivity index (χ0v) is 41.4. The smallest absolute Gasteiger partial charge is 0.379 e. The van der Waals surface area contributed by atoms with Gasteiger partial charge in [-0.15, -0.1) is 0 Å². The molecule has 22 heteroatoms. The molecule has 0 bridgehead atoms. The van der Waals surface area contributed by atoms with Crippen LogP contribution in [0.5, 0.6) is 0 Å². The van der Waals surface area contributed by atoms with Gasteiger partial charge in [0.05, 0.1) is 68.1 Å². The average Bonchev–Trinajstić information content (AvgIpc) is 3.88. The van der Waals surface area contributed by atoms with E-state index in [0.717, 1.165) is 24.1 Å². The standard InChI is InChI=1S/C50H68F3N11O8/c1-30(2)62(3)35-12-14-41(64-19-15-39(49(64)70)61-46-36-24-33(50(51,52)53)9-13-38(36)57-29-58-46)40(25-35)60-43(66)28-56-47(68)31-7-10-34(11-8-31)59-42(65)16-20-71-22-23-72-21-18-55-48(69)37-26-44(67)63(4)45(37)32-6-5-17-54-27-32/h5-6,9,13,17,24,27,29-31,34-35,37,39-41,45H,7-8,10-12,14-16,18-23,25-26,28H2,1-4H3,(H,55,69)(H,56,68)(H,59,65)(H,60,66)(H,57,58,61)/t31-,34+,35-,37+,39+,40-,41+,45-/m1/s1. The van der Waals surface area contributed by atoms with Gasteiger partial charge in [0, 0.05) is 74.8 Å². The number of nitrogens with zero attached hydrogens (tertiary/aromatic N) is 6. The maximum absolute atomic E-state index is 14.0. The molecule has 0 radical (unpaired) electrons. The third kappa shape index (κ3) is 13.7. The van der Waals surface area contributed by atoms with Crippen LogP contribution in [0.4, 0.5) is 19.0 Å². The highest BCUT2D eigenvalue weighted by molar-refractivity contribution is 5.94. The van der Waals surface area contributed by atoms with Crippen LogP contribution in [0, 0.1) is 11.8 Å². The Morgan fingerprint density at radius 2 is 1.65 bits per heavy atom. The minimum atomic E-state index is -4.57. The molecule has 2 saturated heterocycles. The van der Waals surface area contributed by atoms with Gasteiger partial charge in [0.2, 0.25) is 35.4 Å². The van der Waals surface area contributed by atoms with Crippen LogP contribution in [-0.4, -0.2) is 162 Å². The molecule has 4 heterocycles. The Morgan fingerprint density at radius 1 is 0.889 bits per heavy atom. The first kappa shape index (κ1) is 53.8. The summed E-state index contributed by atoms with van der Waals surface area (Å²) >= 11 is 0. The second-order valence-corrected chi connectivity index (χ2v) is 19.6. The normalized spacial score (nSPS) is 24.7. The molecule has 0 spiro atoms. The molecule has 2 aromatic heterocycles. The quantitative estimate of drug-likeness (QED) is 0.0967. The Morgan fingerprint density at radius 3 is 2.38 bits per heavy atom. The van der Waals surface area contributed by atoms with E-state index < -0.39 is 29.7 Å². The number of amides is 6. The lowest BCUT2D eigenvalue weighted by atomic mass is 9.84. The predicted octanol–water partition coefficient (Wildman–Crippen LogP) is 3.35. The predicted molar refractivity (Wildman–Crippen MR) is 259 cm³/mol. The number of carbonyl (C=O) groups excluding carboxylic acids is 6. The van der Waals surface area contributed by atoms with Crippen molar-refractivity contribution in [1.82, 2.24) is 50.9 Å². The SMILES string of the molecule is CC(C)N(C)[C@@H]1CC[C@H](N2CC[C@H](Nc3ncnc4ccc(C(F)(F)F)cc34)C2=O)[C@H](NC(=O)CNC(=O)[C@H]2CC[C@@H](NC(=O)CCOCCOCCNC(=O)[C@H]3CC(=O)N(C)[C@@H]3c3cccnc3)CC2)C1. The third-order valence-corrected chi connectivity index (χ3v) is 14.7. The van der Waals surface area contributed by atoms with Crippen LogP contribution < -0.4 is 26.6 Å². The highest BCUT2D eigenvalue weighted by Gasteiger charge is 2.45. The number of rotatable bonds is 21. The van der Waals surface area contributed by atoms with Gasteiger partial charge in [0.25, 0.3) is 0 Å². The van der Waals surface area contributed by atoms with E-state index in [1.165, 1.54) is 12.4 Å². The molecule has 19 nitrogen and oxygen atoms in total. The molecule has 6 atom stereocenters. The van der Waals surface area contributed by atoms with E-state index in [1.54, 1.807) is 35.3 Å². The van der Waals surface area contributed by atoms with Crippen molar-refractivity contribution in [3.05, 3.63) is 60.2 Å². The van der Waals surface area contributed by atoms with Gasteiger partial charge in [-0.2, -0.15) is 13.2 Å². The first-order valence-electron chi connectivity index (χ1n) is 25.0. The average molecular weight is 1010 g/mol. The number of anilines is 1. The molecule has 2 aliphatic carbocycles. The van der Waals surface area contributed by atoms with Gasteiger partial charge in [-0.05, 0) is 102 Å². The maximum Gasteiger partial charge on any atom is 0.416 e. The lowest BCUT2D eigenvalue weighted by Crippen LogP contribution is -2.59. The van der Waals surface area contributed by atoms with Gasteiger partial charge in [-0.25, -0.2) is 9.97 Å². The fourth-order valence-electron chi connectivity index (χ4n) is 10.5. The summed E-state index contributed by atoms with van der Waals surface area (Å²) in [6.07, 6.45) is 4.95. The number of nitrogens with one attached hydrogen (secondary N) is 5. The summed E-state index contributed by atoms with van der Waals surface area (Å²) in [6.45, 7) is 5.61. The van der Waals surface area contributed by atoms with E-state index in [0.29, 0.717) is 57.0 Å². The molecule has 5 N–H and O–H groups in total. The Balaban J connectivity index is 0.785. The van der Waals surface area contributed by atoms with Gasteiger partial charge in [0.1, 0.15) is 18.2 Å². The first-order chi connectivity index (χ1) is 34.5. The fourth-order valence-corrected chi connectivity index (χ4v) is 10.5. The number of pyridine rings is 1. The molecule has 3 aromatic rings. The van der Waals surface area contributed by atoms with Gasteiger partial charge < -0.3 is 50.8 Å². The summed E-state index contributed by atoms with van der Waals surface area (Å²) in [5.74, 6) is -2.02. The third-order valence-electron chi connectivity index (χ3n) is 14.7. The number of fused-ring (bicyclic) bond motifs is 1. The van der Waals surface area contributed by atoms with Crippen LogP contribution in [0.2, 0.25) is 0 Å². The number of benzene rings is 1. The second-order valence-electron chi connectivity index (χ2n) is 19.6. The van der Waals surface area contributed by atoms with E-state index in [-0.39, 0.29) is 135 Å². The van der Waals surface area contributed by atoms with Crippen LogP contribution in [0.15, 0.2) is 49.1 Å². The number of ether oxygens (including phenoxy) is 2. The monoisotopic (exact) mass is 1010 g/mol. The lowest BCUT2D eigenvalue weighted by molar-refractivity contribution is -0.137. The summed E-state index contributed by atoms with van der Waals surface area (Å²) < 4.78 is 51.9. The van der Waals surface area contributed by atoms with Crippen LogP contribution in [0.1, 0.15) is 95.2 Å². The zero-order chi connectivity index (χ0) is 51.5. The van der Waals surface area contributed by atoms with E-state index in [9.17, 15) is 41.9 Å². The minimum absolute atomic E-state index is 0.0865. The largest absolute Gasteiger partial charge is 0.416 e. The molecular formula is C50H68F3N11O8. The fraction of sp³-hybridized carbons (Fsp3) is 0.620. The summed E-state index contributed by atoms with van der Waals surface area (Å²) in [5, 5.41) is 15.1. The van der Waals surface area contributed by atoms with Crippen molar-refractivity contribution in [2.45, 2.75) is 127 Å². The number of carbonyl (C=O) groups is 6. The molecular weight excluding hydrogens is 940 g/mol. The van der Waals surface area contributed by atoms with E-state index in [2.05, 4.69) is 60.3 Å². The summed E-state index contributed by atoms with van der Waals surface area (Å²) in [5.41, 5.74) is 0.271. The molecule has 72 heavy (non-hydrogen) atoms. The zero-order valence-electron chi connectivity index (χ0n) is 41.4. The second kappa shape index (κ2) is 24.6.